The molecule has 0 aliphatic carbocycles. The smallest absolute Gasteiger partial charge is 0.146 e. The predicted molar refractivity (Wildman–Crippen MR) is 606 cm³/mol. The number of unbranched alkanes of at least 4 members (excludes halogenated alkanes) is 8. The lowest BCUT2D eigenvalue weighted by Crippen LogP contribution is -2.22. The molecule has 13 nitrogen and oxygen atoms in total. The molecule has 27 aromatic rings. The molecule has 15 aromatic heterocycles. The van der Waals surface area contributed by atoms with Gasteiger partial charge in [0.05, 0.1) is 95.8 Å². The Morgan fingerprint density at radius 3 is 1.63 bits per heavy atom. The summed E-state index contributed by atoms with van der Waals surface area (Å²) < 4.78 is 22.0. The summed E-state index contributed by atoms with van der Waals surface area (Å²) in [6.07, 6.45) is 32.2. The van der Waals surface area contributed by atoms with Crippen LogP contribution >= 0.6 is 22.7 Å². The Kier molecular flexibility index (Phi) is 21.9. The summed E-state index contributed by atoms with van der Waals surface area (Å²) in [5, 5.41) is 23.9. The highest BCUT2D eigenvalue weighted by atomic mass is 32.1. The van der Waals surface area contributed by atoms with Gasteiger partial charge < -0.3 is 22.8 Å². The number of fused-ring (bicyclic) bond motifs is 30. The molecule has 0 spiro atoms. The maximum absolute atomic E-state index is 5.37. The second kappa shape index (κ2) is 35.3. The van der Waals surface area contributed by atoms with Gasteiger partial charge in [-0.05, 0) is 237 Å². The van der Waals surface area contributed by atoms with E-state index >= 15 is 0 Å². The number of benzene rings is 12. The van der Waals surface area contributed by atoms with E-state index in [-0.39, 0.29) is 17.1 Å². The van der Waals surface area contributed by atoms with Gasteiger partial charge in [0.25, 0.3) is 0 Å². The first-order chi connectivity index (χ1) is 69.6. The van der Waals surface area contributed by atoms with Crippen LogP contribution in [-0.4, -0.2) is 61.5 Å². The van der Waals surface area contributed by atoms with Crippen LogP contribution in [-0.2, 0) is 17.5 Å². The Morgan fingerprint density at radius 2 is 0.873 bits per heavy atom. The summed E-state index contributed by atoms with van der Waals surface area (Å²) >= 11 is 3.70. The molecular weight excluding hydrogens is 1770 g/mol. The van der Waals surface area contributed by atoms with Crippen molar-refractivity contribution < 1.29 is 0 Å². The predicted octanol–water partition coefficient (Wildman–Crippen LogP) is 35.7. The highest BCUT2D eigenvalue weighted by molar-refractivity contribution is 7.25. The number of thiophene rings is 2. The summed E-state index contributed by atoms with van der Waals surface area (Å²) in [6, 6.07) is 109. The summed E-state index contributed by atoms with van der Waals surface area (Å²) in [5.41, 5.74) is 25.3. The fourth-order valence-electron chi connectivity index (χ4n) is 23.5. The second-order valence-corrected chi connectivity index (χ2v) is 42.8. The van der Waals surface area contributed by atoms with E-state index in [1.165, 1.54) is 236 Å². The van der Waals surface area contributed by atoms with Gasteiger partial charge in [-0.25, -0.2) is 9.97 Å². The molecule has 0 N–H and O–H groups in total. The lowest BCUT2D eigenvalue weighted by atomic mass is 9.99. The second-order valence-electron chi connectivity index (χ2n) is 40.6. The van der Waals surface area contributed by atoms with Crippen LogP contribution in [0.1, 0.15) is 145 Å². The van der Waals surface area contributed by atoms with Crippen LogP contribution in [0.5, 0.6) is 0 Å². The third-order valence-corrected chi connectivity index (χ3v) is 31.7. The van der Waals surface area contributed by atoms with Crippen molar-refractivity contribution in [3.8, 4) is 43.9 Å². The number of para-hydroxylation sites is 5. The minimum Gasteiger partial charge on any atom is -0.337 e. The standard InChI is InChI=1S/C58H42N4S2.C36H26N6.C33H43N3/c1-2-3-4-5-13-34-60-56-40(37-26-30-53-47(35-37)42-19-10-12-24-52(42)63-53)20-14-21-43(56)44-27-29-50-55(57(44)60)45-22-15-33-59-58(45)62(50)54-32-31-51(64-54)38-25-28-49-46(36-38)41-18-9-11-23-48(41)61(49)39-16-7-6-8-17-39;1-22(2)40-30-15-14-26-25-16-18-37-20-31(25)42(36(26)35(30)27-17-19-38-21-32(27)40)34-13-7-12-33(39-34)41-28-10-5-3-8-23(28)24-9-4-6-11-29(24)41;1-8-9-10-11-12-13-15-23-16-14-17-26-29(23)25-18-19-27-30(31(25)36(26)33(5,6)7)24-20-21-34-22-28(24)35(27)32(2,3)4/h6-36H,2-5H2,1H3;3-22H,1-2H3;14,16-22H,8-13,15H2,1-7H3/b34-13+;;. The Balaban J connectivity index is 0.000000118. The minimum atomic E-state index is -0.0454. The van der Waals surface area contributed by atoms with Crippen LogP contribution in [0.15, 0.2) is 347 Å². The van der Waals surface area contributed by atoms with E-state index in [2.05, 4.69) is 430 Å². The average Bonchev–Trinajstić information content (AvgIpc) is 1.58. The average molecular weight is 1880 g/mol. The van der Waals surface area contributed by atoms with E-state index in [1.807, 2.05) is 66.1 Å². The molecule has 27 rings (SSSR count). The zero-order valence-electron chi connectivity index (χ0n) is 82.0. The van der Waals surface area contributed by atoms with Crippen molar-refractivity contribution in [2.75, 3.05) is 0 Å². The highest BCUT2D eigenvalue weighted by Crippen LogP contribution is 2.51. The number of aromatic nitrogens is 13. The molecule has 0 fully saturated rings. The number of hydrogen-bond acceptors (Lipinski definition) is 7. The van der Waals surface area contributed by atoms with Crippen LogP contribution in [0.2, 0.25) is 0 Å². The monoisotopic (exact) mass is 1880 g/mol. The molecule has 0 amide bonds. The fraction of sp³-hybridized carbons (Fsp3) is 0.189. The van der Waals surface area contributed by atoms with Gasteiger partial charge in [0, 0.05) is 176 Å². The number of allylic oxidation sites excluding steroid dienone is 1. The number of nitrogens with zero attached hydrogens (tertiary/aromatic N) is 13. The molecule has 696 valence electrons. The maximum atomic E-state index is 5.37. The molecule has 0 radical (unpaired) electrons. The third-order valence-electron chi connectivity index (χ3n) is 29.5. The van der Waals surface area contributed by atoms with Gasteiger partial charge >= 0.3 is 0 Å². The molecule has 0 saturated carbocycles. The fourth-order valence-corrected chi connectivity index (χ4v) is 25.6. The zero-order chi connectivity index (χ0) is 95.9. The van der Waals surface area contributed by atoms with Crippen molar-refractivity contribution in [1.82, 2.24) is 61.5 Å². The number of hydrogen-bond donors (Lipinski definition) is 0. The van der Waals surface area contributed by atoms with E-state index in [0.717, 1.165) is 79.0 Å². The van der Waals surface area contributed by atoms with Gasteiger partial charge in [-0.15, -0.1) is 22.7 Å². The molecule has 142 heavy (non-hydrogen) atoms. The SMILES string of the molecule is CC(C)n1c2cnccc2c2c3c(ccc21)c1ccncc1n3-c1cccc(-n2c3ccccc3c3ccccc32)n1.CCCCC/C=C/n1c2c(-c3ccc4sc5ccccc5c4c3)cccc2c2ccc3c(c4cccnc4n3-c3ccc(-c4ccc5c(c4)c4ccccc4n5-c4ccccc4)s3)c21.CCCCCCCCc1cccc2c1c1ccc3c(c4ccncc4n3C(C)(C)C)c1n2C(C)(C)C. The lowest BCUT2D eigenvalue weighted by molar-refractivity contribution is 0.422. The largest absolute Gasteiger partial charge is 0.337 e. The van der Waals surface area contributed by atoms with Gasteiger partial charge in [-0.1, -0.05) is 223 Å². The van der Waals surface area contributed by atoms with Gasteiger partial charge in [0.1, 0.15) is 22.3 Å². The molecule has 0 atom stereocenters. The van der Waals surface area contributed by atoms with Crippen molar-refractivity contribution in [3.63, 3.8) is 0 Å². The highest BCUT2D eigenvalue weighted by Gasteiger charge is 2.31. The summed E-state index contributed by atoms with van der Waals surface area (Å²) in [7, 11) is 0. The molecule has 0 bridgehead atoms. The lowest BCUT2D eigenvalue weighted by Gasteiger charge is -2.25. The van der Waals surface area contributed by atoms with E-state index < -0.39 is 0 Å². The molecule has 12 aromatic carbocycles. The summed E-state index contributed by atoms with van der Waals surface area (Å²) in [6.45, 7) is 22.9. The third kappa shape index (κ3) is 14.4. The topological polar surface area (TPSA) is 104 Å². The Bertz CT molecular complexity index is 9660. The van der Waals surface area contributed by atoms with Crippen LogP contribution in [0.25, 0.3) is 245 Å². The summed E-state index contributed by atoms with van der Waals surface area (Å²) in [4.78, 5) is 25.3. The maximum Gasteiger partial charge on any atom is 0.146 e. The van der Waals surface area contributed by atoms with Gasteiger partial charge in [-0.3, -0.25) is 28.7 Å². The molecular formula is C127H111N13S2. The number of aryl methyl sites for hydroxylation is 1. The van der Waals surface area contributed by atoms with Gasteiger partial charge in [0.15, 0.2) is 0 Å². The van der Waals surface area contributed by atoms with E-state index in [4.69, 9.17) is 9.97 Å². The van der Waals surface area contributed by atoms with Crippen LogP contribution < -0.4 is 0 Å². The first kappa shape index (κ1) is 87.9. The van der Waals surface area contributed by atoms with Gasteiger partial charge in [0.2, 0.25) is 0 Å². The Hall–Kier alpha value is -15.6. The zero-order valence-corrected chi connectivity index (χ0v) is 83.6. The summed E-state index contributed by atoms with van der Waals surface area (Å²) in [5.74, 6) is 1.74. The first-order valence-electron chi connectivity index (χ1n) is 50.7. The number of rotatable bonds is 19. The van der Waals surface area contributed by atoms with E-state index in [1.54, 1.807) is 0 Å². The van der Waals surface area contributed by atoms with Crippen molar-refractivity contribution >= 4 is 224 Å². The molecule has 0 aliphatic rings. The first-order valence-corrected chi connectivity index (χ1v) is 52.3. The quantitative estimate of drug-likeness (QED) is 0.0750. The molecule has 15 heterocycles. The Labute approximate surface area is 832 Å². The van der Waals surface area contributed by atoms with Crippen LogP contribution in [0.4, 0.5) is 0 Å². The van der Waals surface area contributed by atoms with E-state index in [9.17, 15) is 0 Å². The molecule has 0 saturated heterocycles. The van der Waals surface area contributed by atoms with Crippen LogP contribution in [0.3, 0.4) is 0 Å². The molecule has 0 aliphatic heterocycles. The van der Waals surface area contributed by atoms with Crippen molar-refractivity contribution in [1.29, 1.82) is 0 Å². The van der Waals surface area contributed by atoms with Crippen molar-refractivity contribution in [2.45, 2.75) is 157 Å². The van der Waals surface area contributed by atoms with Crippen molar-refractivity contribution in [3.05, 3.63) is 352 Å². The minimum absolute atomic E-state index is 0.0434. The van der Waals surface area contributed by atoms with Crippen LogP contribution in [0, 0.1) is 0 Å². The number of pyridine rings is 5. The van der Waals surface area contributed by atoms with E-state index in [0.29, 0.717) is 0 Å². The Morgan fingerprint density at radius 1 is 0.331 bits per heavy atom. The normalized spacial score (nSPS) is 12.5. The molecule has 15 heteroatoms. The van der Waals surface area contributed by atoms with Gasteiger partial charge in [-0.2, -0.15) is 0 Å². The van der Waals surface area contributed by atoms with Crippen molar-refractivity contribution in [2.24, 2.45) is 0 Å². The molecule has 0 unspecified atom stereocenters.